The smallest absolute Gasteiger partial charge is 0.163 e. The van der Waals surface area contributed by atoms with E-state index < -0.39 is 0 Å². The number of pyridine rings is 1. The van der Waals surface area contributed by atoms with Crippen molar-refractivity contribution in [2.24, 2.45) is 0 Å². The zero-order chi connectivity index (χ0) is 8.55. The number of aromatic nitrogens is 3. The second kappa shape index (κ2) is 2.75. The average Bonchev–Trinajstić information content (AvgIpc) is 2.50. The Bertz CT molecular complexity index is 409. The first-order valence-electron chi connectivity index (χ1n) is 3.48. The van der Waals surface area contributed by atoms with Crippen molar-refractivity contribution in [1.29, 1.82) is 0 Å². The number of nitrogens with zero attached hydrogens (tertiary/aromatic N) is 3. The van der Waals surface area contributed by atoms with Gasteiger partial charge in [0.05, 0.1) is 0 Å². The third-order valence-electron chi connectivity index (χ3n) is 1.63. The lowest BCUT2D eigenvalue weighted by molar-refractivity contribution is 1.10. The van der Waals surface area contributed by atoms with Crippen molar-refractivity contribution in [1.82, 2.24) is 14.6 Å². The Morgan fingerprint density at radius 1 is 1.50 bits per heavy atom. The molecule has 2 heterocycles. The van der Waals surface area contributed by atoms with Gasteiger partial charge in [0.1, 0.15) is 12.1 Å². The van der Waals surface area contributed by atoms with Crippen molar-refractivity contribution >= 4 is 27.4 Å². The number of anilines is 1. The molecule has 12 heavy (non-hydrogen) atoms. The molecule has 0 saturated heterocycles. The van der Waals surface area contributed by atoms with E-state index in [0.29, 0.717) is 0 Å². The molecule has 0 aliphatic rings. The van der Waals surface area contributed by atoms with E-state index in [0.717, 1.165) is 15.9 Å². The number of fused-ring (bicyclic) bond motifs is 1. The van der Waals surface area contributed by atoms with E-state index in [2.05, 4.69) is 31.4 Å². The first kappa shape index (κ1) is 7.54. The van der Waals surface area contributed by atoms with E-state index in [9.17, 15) is 0 Å². The summed E-state index contributed by atoms with van der Waals surface area (Å²) in [6.45, 7) is 0. The highest BCUT2D eigenvalue weighted by Crippen LogP contribution is 2.18. The number of halogens is 1. The van der Waals surface area contributed by atoms with Gasteiger partial charge in [-0.2, -0.15) is 0 Å². The highest BCUT2D eigenvalue weighted by Gasteiger charge is 2.01. The Kier molecular flexibility index (Phi) is 1.73. The molecule has 0 fully saturated rings. The minimum Gasteiger partial charge on any atom is -0.374 e. The van der Waals surface area contributed by atoms with Crippen molar-refractivity contribution in [3.63, 3.8) is 0 Å². The predicted molar refractivity (Wildman–Crippen MR) is 50.2 cm³/mol. The molecular formula is C7H7BrN4. The largest absolute Gasteiger partial charge is 0.374 e. The zero-order valence-corrected chi connectivity index (χ0v) is 8.04. The third-order valence-corrected chi connectivity index (χ3v) is 2.09. The summed E-state index contributed by atoms with van der Waals surface area (Å²) in [6, 6.07) is 3.88. The van der Waals surface area contributed by atoms with Crippen LogP contribution >= 0.6 is 15.9 Å². The molecule has 0 saturated carbocycles. The lowest BCUT2D eigenvalue weighted by Crippen LogP contribution is -1.96. The monoisotopic (exact) mass is 226 g/mol. The normalized spacial score (nSPS) is 10.5. The Hall–Kier alpha value is -1.10. The summed E-state index contributed by atoms with van der Waals surface area (Å²) < 4.78 is 2.87. The molecule has 2 aromatic heterocycles. The van der Waals surface area contributed by atoms with E-state index in [-0.39, 0.29) is 0 Å². The van der Waals surface area contributed by atoms with E-state index in [4.69, 9.17) is 0 Å². The molecule has 0 amide bonds. The number of hydrogen-bond donors (Lipinski definition) is 1. The van der Waals surface area contributed by atoms with Crippen LogP contribution in [-0.2, 0) is 0 Å². The predicted octanol–water partition coefficient (Wildman–Crippen LogP) is 1.53. The highest BCUT2D eigenvalue weighted by molar-refractivity contribution is 9.10. The third kappa shape index (κ3) is 1.06. The lowest BCUT2D eigenvalue weighted by Gasteiger charge is -2.03. The molecule has 62 valence electrons. The van der Waals surface area contributed by atoms with Crippen molar-refractivity contribution in [2.75, 3.05) is 12.4 Å². The first-order valence-corrected chi connectivity index (χ1v) is 4.27. The highest BCUT2D eigenvalue weighted by atomic mass is 79.9. The topological polar surface area (TPSA) is 42.2 Å². The fourth-order valence-corrected chi connectivity index (χ4v) is 1.51. The van der Waals surface area contributed by atoms with Crippen molar-refractivity contribution < 1.29 is 0 Å². The number of nitrogens with one attached hydrogen (secondary N) is 1. The molecule has 2 aromatic rings. The zero-order valence-electron chi connectivity index (χ0n) is 6.45. The summed E-state index contributed by atoms with van der Waals surface area (Å²) in [7, 11) is 1.86. The van der Waals surface area contributed by atoms with Crippen molar-refractivity contribution in [2.45, 2.75) is 0 Å². The lowest BCUT2D eigenvalue weighted by atomic mass is 10.4. The molecule has 4 nitrogen and oxygen atoms in total. The van der Waals surface area contributed by atoms with Gasteiger partial charge in [-0.05, 0) is 12.1 Å². The molecule has 0 radical (unpaired) electrons. The maximum Gasteiger partial charge on any atom is 0.163 e. The van der Waals surface area contributed by atoms with Gasteiger partial charge in [-0.25, -0.2) is 0 Å². The Balaban J connectivity index is 2.80. The van der Waals surface area contributed by atoms with Gasteiger partial charge in [0.15, 0.2) is 5.65 Å². The molecule has 2 rings (SSSR count). The van der Waals surface area contributed by atoms with Crippen molar-refractivity contribution in [3.8, 4) is 0 Å². The van der Waals surface area contributed by atoms with Gasteiger partial charge in [0, 0.05) is 11.5 Å². The molecule has 0 unspecified atom stereocenters. The molecule has 0 bridgehead atoms. The van der Waals surface area contributed by atoms with Crippen LogP contribution in [0.3, 0.4) is 0 Å². The average molecular weight is 227 g/mol. The van der Waals surface area contributed by atoms with Gasteiger partial charge in [-0.1, -0.05) is 15.9 Å². The fraction of sp³-hybridized carbons (Fsp3) is 0.143. The molecular weight excluding hydrogens is 220 g/mol. The van der Waals surface area contributed by atoms with Crippen LogP contribution in [0.4, 0.5) is 5.82 Å². The van der Waals surface area contributed by atoms with Crippen LogP contribution in [0, 0.1) is 0 Å². The van der Waals surface area contributed by atoms with Crippen LogP contribution in [0.1, 0.15) is 0 Å². The van der Waals surface area contributed by atoms with Crippen LogP contribution in [0.25, 0.3) is 5.65 Å². The molecule has 0 aliphatic heterocycles. The van der Waals surface area contributed by atoms with E-state index in [1.54, 1.807) is 6.33 Å². The molecule has 0 atom stereocenters. The van der Waals surface area contributed by atoms with Gasteiger partial charge in [0.25, 0.3) is 0 Å². The maximum absolute atomic E-state index is 3.93. The standard InChI is InChI=1S/C7H7BrN4/c1-9-6-2-5(8)3-7-11-10-4-12(6)7/h2-4,9H,1H3. The molecule has 5 heteroatoms. The summed E-state index contributed by atoms with van der Waals surface area (Å²) in [5, 5.41) is 10.8. The van der Waals surface area contributed by atoms with E-state index >= 15 is 0 Å². The van der Waals surface area contributed by atoms with Crippen LogP contribution in [0.5, 0.6) is 0 Å². The van der Waals surface area contributed by atoms with Gasteiger partial charge in [-0.15, -0.1) is 10.2 Å². The Morgan fingerprint density at radius 2 is 2.33 bits per heavy atom. The number of hydrogen-bond acceptors (Lipinski definition) is 3. The van der Waals surface area contributed by atoms with E-state index in [1.807, 2.05) is 23.6 Å². The summed E-state index contributed by atoms with van der Waals surface area (Å²) in [4.78, 5) is 0. The van der Waals surface area contributed by atoms with Gasteiger partial charge in [0.2, 0.25) is 0 Å². The summed E-state index contributed by atoms with van der Waals surface area (Å²) >= 11 is 3.39. The second-order valence-electron chi connectivity index (χ2n) is 2.37. The first-order chi connectivity index (χ1) is 5.81. The van der Waals surface area contributed by atoms with E-state index in [1.165, 1.54) is 0 Å². The number of rotatable bonds is 1. The van der Waals surface area contributed by atoms with Crippen LogP contribution in [0.15, 0.2) is 22.9 Å². The Morgan fingerprint density at radius 3 is 3.08 bits per heavy atom. The molecule has 0 aliphatic carbocycles. The van der Waals surface area contributed by atoms with Gasteiger partial charge in [-0.3, -0.25) is 4.40 Å². The van der Waals surface area contributed by atoms with Crippen LogP contribution in [-0.4, -0.2) is 21.6 Å². The second-order valence-corrected chi connectivity index (χ2v) is 3.28. The minimum atomic E-state index is 0.828. The quantitative estimate of drug-likeness (QED) is 0.803. The fourth-order valence-electron chi connectivity index (χ4n) is 1.09. The van der Waals surface area contributed by atoms with Crippen LogP contribution in [0.2, 0.25) is 0 Å². The SMILES string of the molecule is CNc1cc(Br)cc2nncn12. The summed E-state index contributed by atoms with van der Waals surface area (Å²) in [5.74, 6) is 0.962. The minimum absolute atomic E-state index is 0.828. The molecule has 1 N–H and O–H groups in total. The Labute approximate surface area is 77.7 Å². The maximum atomic E-state index is 3.93. The van der Waals surface area contributed by atoms with Gasteiger partial charge >= 0.3 is 0 Å². The molecule has 0 spiro atoms. The van der Waals surface area contributed by atoms with Crippen molar-refractivity contribution in [3.05, 3.63) is 22.9 Å². The van der Waals surface area contributed by atoms with Crippen LogP contribution < -0.4 is 5.32 Å². The summed E-state index contributed by atoms with van der Waals surface area (Å²) in [5.41, 5.74) is 0.828. The van der Waals surface area contributed by atoms with Gasteiger partial charge < -0.3 is 5.32 Å². The molecule has 0 aromatic carbocycles. The summed E-state index contributed by atoms with van der Waals surface area (Å²) in [6.07, 6.45) is 1.67.